The third kappa shape index (κ3) is 2.89. The molecule has 2 heterocycles. The van der Waals surface area contributed by atoms with Crippen LogP contribution in [0.3, 0.4) is 0 Å². The Hall–Kier alpha value is -3.72. The van der Waals surface area contributed by atoms with Crippen molar-refractivity contribution in [2.24, 2.45) is 5.73 Å². The first-order valence-corrected chi connectivity index (χ1v) is 8.67. The van der Waals surface area contributed by atoms with Gasteiger partial charge in [-0.25, -0.2) is 4.98 Å². The predicted octanol–water partition coefficient (Wildman–Crippen LogP) is 3.99. The van der Waals surface area contributed by atoms with Crippen LogP contribution in [0.25, 0.3) is 11.5 Å². The van der Waals surface area contributed by atoms with Crippen LogP contribution in [0.4, 0.5) is 5.88 Å². The lowest BCUT2D eigenvalue weighted by Gasteiger charge is -2.24. The highest BCUT2D eigenvalue weighted by molar-refractivity contribution is 5.66. The Morgan fingerprint density at radius 3 is 2.67 bits per heavy atom. The molecule has 6 nitrogen and oxygen atoms in total. The number of oxazole rings is 1. The number of allylic oxidation sites excluding steroid dienone is 1. The standard InChI is InChI=1S/C21H18N4O2/c1-2-26-16-11-7-6-10-14(16)17-15(12-22)19(23)25-21-18(17)24-20(27-21)13-8-4-3-5-9-13/h3-11,17,25H,2,23H2,1H3/t17-/m1/s1. The van der Waals surface area contributed by atoms with Gasteiger partial charge in [-0.15, -0.1) is 0 Å². The average molecular weight is 358 g/mol. The molecule has 1 aliphatic heterocycles. The molecule has 4 rings (SSSR count). The van der Waals surface area contributed by atoms with Crippen LogP contribution in [0.15, 0.2) is 70.4 Å². The van der Waals surface area contributed by atoms with E-state index >= 15 is 0 Å². The maximum absolute atomic E-state index is 9.74. The molecule has 0 fully saturated rings. The van der Waals surface area contributed by atoms with Crippen molar-refractivity contribution in [1.82, 2.24) is 4.98 Å². The minimum absolute atomic E-state index is 0.261. The number of benzene rings is 2. The number of nitrogens with one attached hydrogen (secondary N) is 1. The number of anilines is 1. The number of ether oxygens (including phenoxy) is 1. The summed E-state index contributed by atoms with van der Waals surface area (Å²) < 4.78 is 11.7. The van der Waals surface area contributed by atoms with E-state index in [4.69, 9.17) is 14.9 Å². The van der Waals surface area contributed by atoms with Gasteiger partial charge in [-0.3, -0.25) is 0 Å². The fraction of sp³-hybridized carbons (Fsp3) is 0.143. The van der Waals surface area contributed by atoms with E-state index < -0.39 is 5.92 Å². The molecule has 0 saturated carbocycles. The molecule has 6 heteroatoms. The van der Waals surface area contributed by atoms with Crippen LogP contribution in [0.5, 0.6) is 5.75 Å². The average Bonchev–Trinajstić information content (AvgIpc) is 3.12. The molecule has 0 radical (unpaired) electrons. The summed E-state index contributed by atoms with van der Waals surface area (Å²) in [6, 6.07) is 19.4. The number of nitrogens with zero attached hydrogens (tertiary/aromatic N) is 2. The van der Waals surface area contributed by atoms with Gasteiger partial charge in [-0.1, -0.05) is 36.4 Å². The first-order chi connectivity index (χ1) is 13.2. The second kappa shape index (κ2) is 6.89. The SMILES string of the molecule is CCOc1ccccc1[C@@H]1C(C#N)=C(N)Nc2oc(-c3ccccc3)nc21. The van der Waals surface area contributed by atoms with Gasteiger partial charge in [-0.2, -0.15) is 5.26 Å². The molecular formula is C21H18N4O2. The van der Waals surface area contributed by atoms with Gasteiger partial charge in [0.2, 0.25) is 11.8 Å². The molecule has 1 aliphatic rings. The van der Waals surface area contributed by atoms with Gasteiger partial charge in [0.1, 0.15) is 17.3 Å². The highest BCUT2D eigenvalue weighted by atomic mass is 16.5. The number of hydrogen-bond donors (Lipinski definition) is 2. The predicted molar refractivity (Wildman–Crippen MR) is 102 cm³/mol. The molecule has 0 saturated heterocycles. The van der Waals surface area contributed by atoms with E-state index in [1.54, 1.807) is 0 Å². The molecule has 0 aliphatic carbocycles. The van der Waals surface area contributed by atoms with Crippen LogP contribution >= 0.6 is 0 Å². The molecule has 0 unspecified atom stereocenters. The Balaban J connectivity index is 1.89. The van der Waals surface area contributed by atoms with E-state index in [9.17, 15) is 5.26 Å². The molecule has 0 spiro atoms. The number of para-hydroxylation sites is 1. The van der Waals surface area contributed by atoms with Crippen molar-refractivity contribution in [1.29, 1.82) is 5.26 Å². The van der Waals surface area contributed by atoms with E-state index in [-0.39, 0.29) is 5.82 Å². The monoisotopic (exact) mass is 358 g/mol. The lowest BCUT2D eigenvalue weighted by Crippen LogP contribution is -2.23. The zero-order chi connectivity index (χ0) is 18.8. The molecule has 1 aromatic heterocycles. The second-order valence-electron chi connectivity index (χ2n) is 6.07. The van der Waals surface area contributed by atoms with Gasteiger partial charge in [0.05, 0.1) is 24.2 Å². The number of nitriles is 1. The molecule has 134 valence electrons. The molecular weight excluding hydrogens is 340 g/mol. The Morgan fingerprint density at radius 2 is 1.93 bits per heavy atom. The van der Waals surface area contributed by atoms with E-state index in [1.807, 2.05) is 61.5 Å². The topological polar surface area (TPSA) is 97.1 Å². The Morgan fingerprint density at radius 1 is 1.19 bits per heavy atom. The lowest BCUT2D eigenvalue weighted by atomic mass is 9.86. The first kappa shape index (κ1) is 16.7. The minimum atomic E-state index is -0.463. The van der Waals surface area contributed by atoms with E-state index in [0.29, 0.717) is 35.4 Å². The summed E-state index contributed by atoms with van der Waals surface area (Å²) >= 11 is 0. The second-order valence-corrected chi connectivity index (χ2v) is 6.07. The first-order valence-electron chi connectivity index (χ1n) is 8.67. The van der Waals surface area contributed by atoms with Gasteiger partial charge in [-0.05, 0) is 25.1 Å². The normalized spacial score (nSPS) is 15.6. The van der Waals surface area contributed by atoms with Gasteiger partial charge in [0.25, 0.3) is 0 Å². The quantitative estimate of drug-likeness (QED) is 0.732. The van der Waals surface area contributed by atoms with E-state index in [1.165, 1.54) is 0 Å². The third-order valence-electron chi connectivity index (χ3n) is 4.42. The van der Waals surface area contributed by atoms with Crippen LogP contribution < -0.4 is 15.8 Å². The number of hydrogen-bond acceptors (Lipinski definition) is 6. The van der Waals surface area contributed by atoms with Crippen LogP contribution in [-0.4, -0.2) is 11.6 Å². The Labute approximate surface area is 156 Å². The maximum atomic E-state index is 9.74. The molecule has 27 heavy (non-hydrogen) atoms. The van der Waals surface area contributed by atoms with Crippen LogP contribution in [0.2, 0.25) is 0 Å². The number of nitrogens with two attached hydrogens (primary N) is 1. The molecule has 3 N–H and O–H groups in total. The molecule has 0 bridgehead atoms. The van der Waals surface area contributed by atoms with Crippen molar-refractivity contribution >= 4 is 5.88 Å². The molecule has 3 aromatic rings. The van der Waals surface area contributed by atoms with Crippen molar-refractivity contribution in [3.8, 4) is 23.3 Å². The van der Waals surface area contributed by atoms with Gasteiger partial charge < -0.3 is 20.2 Å². The lowest BCUT2D eigenvalue weighted by molar-refractivity contribution is 0.336. The fourth-order valence-corrected chi connectivity index (χ4v) is 3.24. The largest absolute Gasteiger partial charge is 0.494 e. The summed E-state index contributed by atoms with van der Waals surface area (Å²) in [5.41, 5.74) is 8.81. The van der Waals surface area contributed by atoms with E-state index in [0.717, 1.165) is 11.1 Å². The van der Waals surface area contributed by atoms with Crippen molar-refractivity contribution in [2.45, 2.75) is 12.8 Å². The number of fused-ring (bicyclic) bond motifs is 1. The summed E-state index contributed by atoms with van der Waals surface area (Å²) in [6.45, 7) is 2.44. The van der Waals surface area contributed by atoms with Crippen LogP contribution in [-0.2, 0) is 0 Å². The van der Waals surface area contributed by atoms with Crippen molar-refractivity contribution in [3.05, 3.63) is 77.2 Å². The zero-order valence-electron chi connectivity index (χ0n) is 14.8. The highest BCUT2D eigenvalue weighted by Crippen LogP contribution is 2.44. The smallest absolute Gasteiger partial charge is 0.229 e. The summed E-state index contributed by atoms with van der Waals surface area (Å²) in [5.74, 6) is 1.41. The Bertz CT molecular complexity index is 1050. The summed E-state index contributed by atoms with van der Waals surface area (Å²) in [7, 11) is 0. The third-order valence-corrected chi connectivity index (χ3v) is 4.42. The molecule has 1 atom stereocenters. The van der Waals surface area contributed by atoms with Gasteiger partial charge in [0.15, 0.2) is 0 Å². The fourth-order valence-electron chi connectivity index (χ4n) is 3.24. The summed E-state index contributed by atoms with van der Waals surface area (Å²) in [5, 5.41) is 12.7. The minimum Gasteiger partial charge on any atom is -0.494 e. The number of aromatic nitrogens is 1. The van der Waals surface area contributed by atoms with Crippen molar-refractivity contribution in [2.75, 3.05) is 11.9 Å². The summed E-state index contributed by atoms with van der Waals surface area (Å²) in [6.07, 6.45) is 0. The number of rotatable bonds is 4. The Kier molecular flexibility index (Phi) is 4.27. The van der Waals surface area contributed by atoms with E-state index in [2.05, 4.69) is 16.4 Å². The zero-order valence-corrected chi connectivity index (χ0v) is 14.8. The summed E-state index contributed by atoms with van der Waals surface area (Å²) in [4.78, 5) is 4.69. The molecule has 0 amide bonds. The van der Waals surface area contributed by atoms with Gasteiger partial charge >= 0.3 is 0 Å². The van der Waals surface area contributed by atoms with Crippen LogP contribution in [0, 0.1) is 11.3 Å². The van der Waals surface area contributed by atoms with Crippen LogP contribution in [0.1, 0.15) is 24.1 Å². The van der Waals surface area contributed by atoms with Crippen molar-refractivity contribution in [3.63, 3.8) is 0 Å². The van der Waals surface area contributed by atoms with Gasteiger partial charge in [0, 0.05) is 11.1 Å². The highest BCUT2D eigenvalue weighted by Gasteiger charge is 2.35. The molecule has 2 aromatic carbocycles. The maximum Gasteiger partial charge on any atom is 0.229 e. The van der Waals surface area contributed by atoms with Crippen molar-refractivity contribution < 1.29 is 9.15 Å².